The van der Waals surface area contributed by atoms with Crippen molar-refractivity contribution < 1.29 is 23.1 Å². The van der Waals surface area contributed by atoms with Crippen LogP contribution in [0.3, 0.4) is 0 Å². The molecule has 0 saturated carbocycles. The zero-order valence-electron chi connectivity index (χ0n) is 24.7. The highest BCUT2D eigenvalue weighted by molar-refractivity contribution is 7.53. The smallest absolute Gasteiger partial charge is 0.335 e. The van der Waals surface area contributed by atoms with Crippen molar-refractivity contribution in [2.24, 2.45) is 5.41 Å². The van der Waals surface area contributed by atoms with E-state index in [1.807, 2.05) is 26.0 Å². The largest absolute Gasteiger partial charge is 0.348 e. The van der Waals surface area contributed by atoms with E-state index in [0.717, 1.165) is 65.1 Å². The monoisotopic (exact) mass is 586 g/mol. The maximum atomic E-state index is 13.2. The van der Waals surface area contributed by atoms with Crippen molar-refractivity contribution in [3.05, 3.63) is 57.6 Å². The Kier molecular flexibility index (Phi) is 10.7. The van der Waals surface area contributed by atoms with Crippen LogP contribution in [0.25, 0.3) is 23.2 Å². The molecule has 0 radical (unpaired) electrons. The number of aromatic nitrogens is 2. The summed E-state index contributed by atoms with van der Waals surface area (Å²) >= 11 is 1.16. The second-order valence-corrected chi connectivity index (χ2v) is 13.7. The van der Waals surface area contributed by atoms with E-state index in [1.165, 1.54) is 16.7 Å². The zero-order chi connectivity index (χ0) is 28.8. The first-order valence-corrected chi connectivity index (χ1v) is 16.9. The van der Waals surface area contributed by atoms with Gasteiger partial charge in [0.2, 0.25) is 0 Å². The molecule has 0 atom stereocenters. The summed E-state index contributed by atoms with van der Waals surface area (Å²) < 4.78 is 45.7. The maximum Gasteiger partial charge on any atom is 0.335 e. The molecule has 0 aliphatic carbocycles. The molecular formula is C31H43N2O5PS. The van der Waals surface area contributed by atoms with Gasteiger partial charge >= 0.3 is 7.60 Å². The Labute approximate surface area is 243 Å². The summed E-state index contributed by atoms with van der Waals surface area (Å²) in [5.41, 5.74) is 8.27. The van der Waals surface area contributed by atoms with Crippen LogP contribution in [0.4, 0.5) is 0 Å². The third-order valence-electron chi connectivity index (χ3n) is 6.93. The zero-order valence-corrected chi connectivity index (χ0v) is 26.4. The Bertz CT molecular complexity index is 1350. The van der Waals surface area contributed by atoms with Gasteiger partial charge in [-0.3, -0.25) is 4.57 Å². The van der Waals surface area contributed by atoms with Gasteiger partial charge in [-0.05, 0) is 55.0 Å². The van der Waals surface area contributed by atoms with Gasteiger partial charge in [0.25, 0.3) is 0 Å². The Hall–Kier alpha value is -1.93. The molecule has 1 fully saturated rings. The summed E-state index contributed by atoms with van der Waals surface area (Å²) in [6.07, 6.45) is 8.16. The van der Waals surface area contributed by atoms with Gasteiger partial charge < -0.3 is 18.5 Å². The third kappa shape index (κ3) is 7.47. The summed E-state index contributed by atoms with van der Waals surface area (Å²) in [5, 5.41) is 0. The predicted molar refractivity (Wildman–Crippen MR) is 164 cm³/mol. The van der Waals surface area contributed by atoms with Crippen LogP contribution in [0.1, 0.15) is 94.1 Å². The average Bonchev–Trinajstić information content (AvgIpc) is 3.41. The summed E-state index contributed by atoms with van der Waals surface area (Å²) in [5.74, 6) is 0. The standard InChI is InChI=1S/C31H43N2O5PS/c1-7-11-23-18-27(30-35-20-31(5,6)21-36-30)25(12-8-2)17-24(23)15-13-22-14-16-26(29-28(22)32-40-33-29)19-39(34,37-9-3)38-10-4/h13-18,30H,7-12,19-21H2,1-6H3/b15-13+. The molecule has 0 N–H and O–H groups in total. The fourth-order valence-electron chi connectivity index (χ4n) is 5.05. The van der Waals surface area contributed by atoms with Crippen molar-refractivity contribution in [3.8, 4) is 0 Å². The number of fused-ring (bicyclic) bond motifs is 1. The lowest BCUT2D eigenvalue weighted by molar-refractivity contribution is -0.226. The van der Waals surface area contributed by atoms with Crippen molar-refractivity contribution in [1.29, 1.82) is 0 Å². The molecule has 0 amide bonds. The van der Waals surface area contributed by atoms with Crippen molar-refractivity contribution in [2.45, 2.75) is 79.7 Å². The van der Waals surface area contributed by atoms with Gasteiger partial charge in [0.1, 0.15) is 11.0 Å². The van der Waals surface area contributed by atoms with Gasteiger partial charge in [0, 0.05) is 16.5 Å². The molecule has 2 heterocycles. The minimum absolute atomic E-state index is 0.0325. The van der Waals surface area contributed by atoms with Crippen LogP contribution in [0.5, 0.6) is 0 Å². The summed E-state index contributed by atoms with van der Waals surface area (Å²) in [4.78, 5) is 0. The fourth-order valence-corrected chi connectivity index (χ4v) is 7.37. The molecule has 7 nitrogen and oxygen atoms in total. The van der Waals surface area contributed by atoms with Crippen LogP contribution in [0.2, 0.25) is 0 Å². The Morgan fingerprint density at radius 2 is 1.52 bits per heavy atom. The van der Waals surface area contributed by atoms with Gasteiger partial charge in [0.15, 0.2) is 6.29 Å². The molecule has 0 spiro atoms. The highest BCUT2D eigenvalue weighted by Gasteiger charge is 2.31. The summed E-state index contributed by atoms with van der Waals surface area (Å²) in [6.45, 7) is 14.4. The van der Waals surface area contributed by atoms with Crippen LogP contribution in [-0.4, -0.2) is 35.2 Å². The predicted octanol–water partition coefficient (Wildman–Crippen LogP) is 8.60. The van der Waals surface area contributed by atoms with E-state index < -0.39 is 7.60 Å². The molecule has 1 aliphatic heterocycles. The Morgan fingerprint density at radius 3 is 2.17 bits per heavy atom. The van der Waals surface area contributed by atoms with Gasteiger partial charge in [0.05, 0.1) is 44.3 Å². The number of rotatable bonds is 13. The van der Waals surface area contributed by atoms with Crippen molar-refractivity contribution >= 4 is 42.5 Å². The molecule has 0 bridgehead atoms. The second kappa shape index (κ2) is 13.8. The average molecular weight is 587 g/mol. The molecule has 218 valence electrons. The number of hydrogen-bond donors (Lipinski definition) is 0. The van der Waals surface area contributed by atoms with Crippen molar-refractivity contribution in [3.63, 3.8) is 0 Å². The second-order valence-electron chi connectivity index (χ2n) is 11.1. The van der Waals surface area contributed by atoms with Crippen LogP contribution in [0, 0.1) is 5.41 Å². The quantitative estimate of drug-likeness (QED) is 0.147. The normalized spacial score (nSPS) is 16.4. The number of benzene rings is 2. The fraction of sp³-hybridized carbons (Fsp3) is 0.548. The first kappa shape index (κ1) is 31.0. The molecule has 3 aromatic rings. The number of nitrogens with zero attached hydrogens (tertiary/aromatic N) is 2. The highest BCUT2D eigenvalue weighted by atomic mass is 32.1. The lowest BCUT2D eigenvalue weighted by Crippen LogP contribution is -2.34. The number of ether oxygens (including phenoxy) is 2. The van der Waals surface area contributed by atoms with E-state index in [1.54, 1.807) is 0 Å². The number of aryl methyl sites for hydroxylation is 2. The topological polar surface area (TPSA) is 79.8 Å². The molecule has 40 heavy (non-hydrogen) atoms. The number of hydrogen-bond acceptors (Lipinski definition) is 8. The van der Waals surface area contributed by atoms with Crippen LogP contribution in [0.15, 0.2) is 24.3 Å². The van der Waals surface area contributed by atoms with Gasteiger partial charge in [-0.15, -0.1) is 0 Å². The van der Waals surface area contributed by atoms with Crippen LogP contribution >= 0.6 is 19.3 Å². The SMILES string of the molecule is CCCc1cc(C2OCC(C)(C)CO2)c(CCC)cc1/C=C/c1ccc(CP(=O)(OCC)OCC)c2nsnc12. The Morgan fingerprint density at radius 1 is 0.900 bits per heavy atom. The van der Waals surface area contributed by atoms with E-state index in [4.69, 9.17) is 18.5 Å². The molecule has 0 unspecified atom stereocenters. The minimum Gasteiger partial charge on any atom is -0.348 e. The lowest BCUT2D eigenvalue weighted by atomic mass is 9.91. The first-order valence-electron chi connectivity index (χ1n) is 14.4. The van der Waals surface area contributed by atoms with E-state index in [0.29, 0.717) is 26.4 Å². The van der Waals surface area contributed by atoms with Crippen LogP contribution < -0.4 is 0 Å². The molecule has 9 heteroatoms. The highest BCUT2D eigenvalue weighted by Crippen LogP contribution is 2.52. The first-order chi connectivity index (χ1) is 19.2. The molecular weight excluding hydrogens is 543 g/mol. The van der Waals surface area contributed by atoms with Crippen molar-refractivity contribution in [1.82, 2.24) is 8.75 Å². The molecule has 1 aliphatic rings. The van der Waals surface area contributed by atoms with Gasteiger partial charge in [-0.25, -0.2) is 0 Å². The summed E-state index contributed by atoms with van der Waals surface area (Å²) in [6, 6.07) is 8.58. The third-order valence-corrected chi connectivity index (χ3v) is 9.49. The molecule has 2 aromatic carbocycles. The molecule has 1 saturated heterocycles. The lowest BCUT2D eigenvalue weighted by Gasteiger charge is -2.35. The van der Waals surface area contributed by atoms with E-state index in [-0.39, 0.29) is 17.9 Å². The minimum atomic E-state index is -3.25. The van der Waals surface area contributed by atoms with E-state index in [2.05, 4.69) is 60.7 Å². The van der Waals surface area contributed by atoms with Crippen molar-refractivity contribution in [2.75, 3.05) is 26.4 Å². The molecule has 1 aromatic heterocycles. The molecule has 4 rings (SSSR count). The maximum absolute atomic E-state index is 13.2. The summed E-state index contributed by atoms with van der Waals surface area (Å²) in [7, 11) is -3.25. The Balaban J connectivity index is 1.67. The van der Waals surface area contributed by atoms with Crippen LogP contribution in [-0.2, 0) is 42.1 Å². The van der Waals surface area contributed by atoms with Gasteiger partial charge in [-0.2, -0.15) is 8.75 Å². The van der Waals surface area contributed by atoms with E-state index >= 15 is 0 Å². The van der Waals surface area contributed by atoms with E-state index in [9.17, 15) is 4.57 Å². The van der Waals surface area contributed by atoms with Gasteiger partial charge in [-0.1, -0.05) is 70.9 Å².